The summed E-state index contributed by atoms with van der Waals surface area (Å²) in [7, 11) is 3.54. The molecule has 1 aromatic carbocycles. The lowest BCUT2D eigenvalue weighted by Gasteiger charge is -2.15. The Bertz CT molecular complexity index is 686. The summed E-state index contributed by atoms with van der Waals surface area (Å²) < 4.78 is 1.99. The van der Waals surface area contributed by atoms with Gasteiger partial charge in [-0.3, -0.25) is 9.59 Å². The van der Waals surface area contributed by atoms with Gasteiger partial charge in [0.15, 0.2) is 0 Å². The fourth-order valence-corrected chi connectivity index (χ4v) is 2.94. The Balaban J connectivity index is 1.94. The highest BCUT2D eigenvalue weighted by Crippen LogP contribution is 2.32. The number of fused-ring (bicyclic) bond motifs is 1. The van der Waals surface area contributed by atoms with Crippen molar-refractivity contribution in [1.29, 1.82) is 0 Å². The molecule has 108 valence electrons. The molecule has 0 N–H and O–H groups in total. The molecule has 2 aromatic rings. The van der Waals surface area contributed by atoms with E-state index in [1.807, 2.05) is 47.0 Å². The Hall–Kier alpha value is -2.36. The van der Waals surface area contributed by atoms with Gasteiger partial charge in [-0.15, -0.1) is 0 Å². The van der Waals surface area contributed by atoms with Crippen LogP contribution >= 0.6 is 0 Å². The number of carbonyl (C=O) groups is 2. The first-order chi connectivity index (χ1) is 10.1. The second-order valence-corrected chi connectivity index (χ2v) is 5.56. The second-order valence-electron chi connectivity index (χ2n) is 5.56. The minimum Gasteiger partial charge on any atom is -0.348 e. The van der Waals surface area contributed by atoms with Crippen molar-refractivity contribution in [2.45, 2.75) is 18.9 Å². The average molecular weight is 282 g/mol. The molecular formula is C17H18N2O2. The average Bonchev–Trinajstić information content (AvgIpc) is 3.08. The van der Waals surface area contributed by atoms with Crippen molar-refractivity contribution in [3.63, 3.8) is 0 Å². The van der Waals surface area contributed by atoms with Crippen molar-refractivity contribution in [1.82, 2.24) is 9.47 Å². The van der Waals surface area contributed by atoms with Gasteiger partial charge in [-0.1, -0.05) is 30.3 Å². The fourth-order valence-electron chi connectivity index (χ4n) is 2.94. The van der Waals surface area contributed by atoms with E-state index >= 15 is 0 Å². The lowest BCUT2D eigenvalue weighted by atomic mass is 10.0. The maximum Gasteiger partial charge on any atom is 0.231 e. The molecule has 0 radical (unpaired) electrons. The summed E-state index contributed by atoms with van der Waals surface area (Å²) in [5.74, 6) is -0.0114. The highest BCUT2D eigenvalue weighted by molar-refractivity contribution is 6.08. The van der Waals surface area contributed by atoms with Crippen LogP contribution in [0.3, 0.4) is 0 Å². The van der Waals surface area contributed by atoms with E-state index in [1.165, 1.54) is 0 Å². The molecule has 1 aliphatic heterocycles. The molecule has 0 aliphatic carbocycles. The molecule has 0 saturated carbocycles. The van der Waals surface area contributed by atoms with E-state index in [4.69, 9.17) is 0 Å². The molecule has 2 heterocycles. The highest BCUT2D eigenvalue weighted by atomic mass is 16.2. The van der Waals surface area contributed by atoms with Crippen LogP contribution in [0, 0.1) is 0 Å². The summed E-state index contributed by atoms with van der Waals surface area (Å²) in [5.41, 5.74) is 2.30. The van der Waals surface area contributed by atoms with E-state index in [9.17, 15) is 9.59 Å². The van der Waals surface area contributed by atoms with Gasteiger partial charge in [0, 0.05) is 31.9 Å². The quantitative estimate of drug-likeness (QED) is 0.811. The summed E-state index contributed by atoms with van der Waals surface area (Å²) in [6, 6.07) is 13.0. The van der Waals surface area contributed by atoms with Gasteiger partial charge in [0.25, 0.3) is 0 Å². The van der Waals surface area contributed by atoms with E-state index in [-0.39, 0.29) is 17.6 Å². The van der Waals surface area contributed by atoms with Crippen LogP contribution in [-0.2, 0) is 11.3 Å². The smallest absolute Gasteiger partial charge is 0.231 e. The van der Waals surface area contributed by atoms with Crippen molar-refractivity contribution >= 4 is 11.7 Å². The Labute approximate surface area is 124 Å². The van der Waals surface area contributed by atoms with Gasteiger partial charge in [-0.05, 0) is 18.6 Å². The topological polar surface area (TPSA) is 42.3 Å². The van der Waals surface area contributed by atoms with Gasteiger partial charge in [-0.2, -0.15) is 0 Å². The van der Waals surface area contributed by atoms with E-state index in [2.05, 4.69) is 0 Å². The number of amides is 1. The first-order valence-electron chi connectivity index (χ1n) is 7.10. The molecule has 1 atom stereocenters. The number of likely N-dealkylation sites (N-methyl/N-ethyl adjacent to an activating group) is 1. The van der Waals surface area contributed by atoms with Gasteiger partial charge < -0.3 is 9.47 Å². The molecule has 1 amide bonds. The molecule has 1 unspecified atom stereocenters. The number of nitrogens with zero attached hydrogens (tertiary/aromatic N) is 2. The van der Waals surface area contributed by atoms with Crippen molar-refractivity contribution in [2.75, 3.05) is 14.1 Å². The Kier molecular flexibility index (Phi) is 3.37. The van der Waals surface area contributed by atoms with Gasteiger partial charge in [0.2, 0.25) is 11.7 Å². The summed E-state index contributed by atoms with van der Waals surface area (Å²) >= 11 is 0. The molecule has 21 heavy (non-hydrogen) atoms. The van der Waals surface area contributed by atoms with Crippen molar-refractivity contribution in [2.24, 2.45) is 0 Å². The number of hydrogen-bond acceptors (Lipinski definition) is 2. The predicted molar refractivity (Wildman–Crippen MR) is 80.4 cm³/mol. The van der Waals surface area contributed by atoms with Crippen LogP contribution in [0.15, 0.2) is 42.5 Å². The van der Waals surface area contributed by atoms with Crippen LogP contribution in [0.4, 0.5) is 0 Å². The van der Waals surface area contributed by atoms with Crippen molar-refractivity contribution in [3.8, 4) is 0 Å². The zero-order valence-corrected chi connectivity index (χ0v) is 12.2. The maximum atomic E-state index is 12.6. The normalized spacial score (nSPS) is 16.6. The first kappa shape index (κ1) is 13.6. The SMILES string of the molecule is CN(C)C(=O)C1CCn2c(C(=O)c3ccccc3)ccc21. The van der Waals surface area contributed by atoms with Crippen LogP contribution < -0.4 is 0 Å². The molecule has 1 aromatic heterocycles. The Morgan fingerprint density at radius 1 is 1.10 bits per heavy atom. The van der Waals surface area contributed by atoms with Crippen LogP contribution in [0.25, 0.3) is 0 Å². The largest absolute Gasteiger partial charge is 0.348 e. The standard InChI is InChI=1S/C17H18N2O2/c1-18(2)17(21)13-10-11-19-14(13)8-9-15(19)16(20)12-6-4-3-5-7-12/h3-9,13H,10-11H2,1-2H3. The number of benzene rings is 1. The lowest BCUT2D eigenvalue weighted by Crippen LogP contribution is -2.27. The molecule has 3 rings (SSSR count). The first-order valence-corrected chi connectivity index (χ1v) is 7.10. The molecule has 0 spiro atoms. The molecular weight excluding hydrogens is 264 g/mol. The zero-order chi connectivity index (χ0) is 15.0. The minimum absolute atomic E-state index is 0.0137. The lowest BCUT2D eigenvalue weighted by molar-refractivity contribution is -0.130. The second kappa shape index (κ2) is 5.20. The summed E-state index contributed by atoms with van der Waals surface area (Å²) in [5, 5.41) is 0. The molecule has 1 aliphatic rings. The molecule has 0 bridgehead atoms. The monoisotopic (exact) mass is 282 g/mol. The van der Waals surface area contributed by atoms with Gasteiger partial charge >= 0.3 is 0 Å². The Morgan fingerprint density at radius 3 is 2.48 bits per heavy atom. The molecule has 0 saturated heterocycles. The van der Waals surface area contributed by atoms with Gasteiger partial charge in [0.05, 0.1) is 11.6 Å². The van der Waals surface area contributed by atoms with E-state index in [0.717, 1.165) is 18.7 Å². The molecule has 4 nitrogen and oxygen atoms in total. The highest BCUT2D eigenvalue weighted by Gasteiger charge is 2.32. The Morgan fingerprint density at radius 2 is 1.81 bits per heavy atom. The van der Waals surface area contributed by atoms with Crippen LogP contribution in [0.2, 0.25) is 0 Å². The third-order valence-electron chi connectivity index (χ3n) is 4.02. The van der Waals surface area contributed by atoms with Crippen molar-refractivity contribution in [3.05, 3.63) is 59.4 Å². The molecule has 0 fully saturated rings. The van der Waals surface area contributed by atoms with E-state index < -0.39 is 0 Å². The zero-order valence-electron chi connectivity index (χ0n) is 12.2. The van der Waals surface area contributed by atoms with Gasteiger partial charge in [-0.25, -0.2) is 0 Å². The third-order valence-corrected chi connectivity index (χ3v) is 4.02. The minimum atomic E-state index is -0.127. The van der Waals surface area contributed by atoms with E-state index in [1.54, 1.807) is 19.0 Å². The number of ketones is 1. The number of rotatable bonds is 3. The summed E-state index contributed by atoms with van der Waals surface area (Å²) in [6.45, 7) is 0.723. The number of hydrogen-bond donors (Lipinski definition) is 0. The maximum absolute atomic E-state index is 12.6. The van der Waals surface area contributed by atoms with Crippen LogP contribution in [0.1, 0.15) is 34.1 Å². The van der Waals surface area contributed by atoms with Gasteiger partial charge in [0.1, 0.15) is 0 Å². The van der Waals surface area contributed by atoms with Crippen LogP contribution in [-0.4, -0.2) is 35.3 Å². The number of aromatic nitrogens is 1. The molecule has 4 heteroatoms. The predicted octanol–water partition coefficient (Wildman–Crippen LogP) is 2.29. The summed E-state index contributed by atoms with van der Waals surface area (Å²) in [4.78, 5) is 26.4. The fraction of sp³-hybridized carbons (Fsp3) is 0.294. The number of carbonyl (C=O) groups excluding carboxylic acids is 2. The van der Waals surface area contributed by atoms with E-state index in [0.29, 0.717) is 11.3 Å². The van der Waals surface area contributed by atoms with Crippen molar-refractivity contribution < 1.29 is 9.59 Å². The third kappa shape index (κ3) is 2.27. The summed E-state index contributed by atoms with van der Waals surface area (Å²) in [6.07, 6.45) is 0.766. The van der Waals surface area contributed by atoms with Crippen LogP contribution in [0.5, 0.6) is 0 Å².